The zero-order chi connectivity index (χ0) is 36.1. The Labute approximate surface area is 314 Å². The molecule has 256 valence electrons. The molecule has 0 radical (unpaired) electrons. The lowest BCUT2D eigenvalue weighted by molar-refractivity contribution is 0.513. The summed E-state index contributed by atoms with van der Waals surface area (Å²) in [7, 11) is 0. The smallest absolute Gasteiger partial charge is 0.0346 e. The summed E-state index contributed by atoms with van der Waals surface area (Å²) in [5, 5.41) is 0. The summed E-state index contributed by atoms with van der Waals surface area (Å²) in [5.41, 5.74) is 24.5. The maximum Gasteiger partial charge on any atom is 0.0346 e. The van der Waals surface area contributed by atoms with E-state index in [1.807, 2.05) is 0 Å². The molecular weight excluding hydrogens is 637 g/mol. The average molecular weight is 681 g/mol. The Morgan fingerprint density at radius 3 is 1.70 bits per heavy atom. The Morgan fingerprint density at radius 1 is 0.509 bits per heavy atom. The predicted molar refractivity (Wildman–Crippen MR) is 225 cm³/mol. The number of hydrogen-bond donors (Lipinski definition) is 0. The van der Waals surface area contributed by atoms with Crippen molar-refractivity contribution in [3.8, 4) is 55.6 Å². The summed E-state index contributed by atoms with van der Waals surface area (Å²) in [6.45, 7) is 11.6. The van der Waals surface area contributed by atoms with Crippen LogP contribution in [0.25, 0.3) is 61.7 Å². The van der Waals surface area contributed by atoms with Crippen molar-refractivity contribution in [1.29, 1.82) is 0 Å². The first-order valence-corrected chi connectivity index (χ1v) is 19.2. The highest BCUT2D eigenvalue weighted by Gasteiger charge is 2.36. The van der Waals surface area contributed by atoms with E-state index >= 15 is 0 Å². The van der Waals surface area contributed by atoms with Crippen LogP contribution >= 0.6 is 0 Å². The largest absolute Gasteiger partial charge is 0.0759 e. The zero-order valence-corrected chi connectivity index (χ0v) is 31.3. The van der Waals surface area contributed by atoms with E-state index in [1.165, 1.54) is 100 Å². The van der Waals surface area contributed by atoms with Crippen molar-refractivity contribution in [1.82, 2.24) is 0 Å². The third-order valence-corrected chi connectivity index (χ3v) is 12.4. The summed E-state index contributed by atoms with van der Waals surface area (Å²) < 4.78 is 0. The second-order valence-corrected chi connectivity index (χ2v) is 16.9. The van der Waals surface area contributed by atoms with Crippen LogP contribution in [-0.4, -0.2) is 0 Å². The van der Waals surface area contributed by atoms with Gasteiger partial charge in [0.2, 0.25) is 0 Å². The van der Waals surface area contributed by atoms with E-state index in [-0.39, 0.29) is 10.8 Å². The lowest BCUT2D eigenvalue weighted by Gasteiger charge is -2.37. The maximum atomic E-state index is 2.48. The topological polar surface area (TPSA) is 0 Å². The van der Waals surface area contributed by atoms with Crippen LogP contribution in [0.15, 0.2) is 168 Å². The highest BCUT2D eigenvalue weighted by Crippen LogP contribution is 2.51. The van der Waals surface area contributed by atoms with Crippen LogP contribution in [0.5, 0.6) is 0 Å². The Hall–Kier alpha value is -5.72. The summed E-state index contributed by atoms with van der Waals surface area (Å²) in [6, 6.07) is 47.8. The van der Waals surface area contributed by atoms with Gasteiger partial charge in [0.25, 0.3) is 0 Å². The molecule has 0 N–H and O–H groups in total. The first-order valence-electron chi connectivity index (χ1n) is 19.2. The predicted octanol–water partition coefficient (Wildman–Crippen LogP) is 14.2. The van der Waals surface area contributed by atoms with Gasteiger partial charge < -0.3 is 0 Å². The highest BCUT2D eigenvalue weighted by molar-refractivity contribution is 5.85. The molecule has 0 bridgehead atoms. The molecule has 6 aromatic carbocycles. The molecule has 0 heterocycles. The monoisotopic (exact) mass is 680 g/mol. The summed E-state index contributed by atoms with van der Waals surface area (Å²) in [6.07, 6.45) is 13.0. The van der Waals surface area contributed by atoms with Crippen molar-refractivity contribution in [2.24, 2.45) is 5.41 Å². The Bertz CT molecular complexity index is 2590. The standard InChI is InChI=1S/C53H44/c1-52(2,3)43-30-41-23-22-39-24-27-44(47-29-26-42(31-43)50(41)51(39)47)38-20-18-36(19-21-38)34-12-10-33(11-13-34)35-14-16-37(17-15-35)40-25-28-46-45-8-6-7-9-48(45)53(4,5)49(46)32-40/h6-28,30-32,50H,29H2,1-5H3. The van der Waals surface area contributed by atoms with Crippen molar-refractivity contribution < 1.29 is 0 Å². The van der Waals surface area contributed by atoms with Gasteiger partial charge in [-0.2, -0.15) is 0 Å². The van der Waals surface area contributed by atoms with Gasteiger partial charge in [-0.15, -0.1) is 0 Å². The number of hydrogen-bond acceptors (Lipinski definition) is 0. The maximum absolute atomic E-state index is 2.48. The van der Waals surface area contributed by atoms with E-state index in [9.17, 15) is 0 Å². The van der Waals surface area contributed by atoms with Crippen LogP contribution in [0.4, 0.5) is 0 Å². The van der Waals surface area contributed by atoms with E-state index in [4.69, 9.17) is 0 Å². The fourth-order valence-corrected chi connectivity index (χ4v) is 9.35. The van der Waals surface area contributed by atoms with Gasteiger partial charge in [0, 0.05) is 11.3 Å². The molecule has 53 heavy (non-hydrogen) atoms. The lowest BCUT2D eigenvalue weighted by atomic mass is 9.67. The van der Waals surface area contributed by atoms with Crippen molar-refractivity contribution in [2.75, 3.05) is 0 Å². The van der Waals surface area contributed by atoms with Crippen molar-refractivity contribution in [2.45, 2.75) is 52.4 Å². The molecule has 0 aromatic heterocycles. The van der Waals surface area contributed by atoms with Gasteiger partial charge in [-0.25, -0.2) is 0 Å². The van der Waals surface area contributed by atoms with E-state index in [1.54, 1.807) is 0 Å². The third-order valence-electron chi connectivity index (χ3n) is 12.4. The fraction of sp³-hybridized carbons (Fsp3) is 0.170. The van der Waals surface area contributed by atoms with Gasteiger partial charge >= 0.3 is 0 Å². The normalized spacial score (nSPS) is 17.3. The molecule has 0 aliphatic heterocycles. The molecule has 0 fully saturated rings. The summed E-state index contributed by atoms with van der Waals surface area (Å²) in [4.78, 5) is 0. The minimum absolute atomic E-state index is 0.00672. The second-order valence-electron chi connectivity index (χ2n) is 16.9. The van der Waals surface area contributed by atoms with Crippen LogP contribution in [-0.2, 0) is 11.8 Å². The molecule has 1 unspecified atom stereocenters. The van der Waals surface area contributed by atoms with E-state index in [0.29, 0.717) is 5.92 Å². The first-order chi connectivity index (χ1) is 25.6. The molecule has 1 atom stereocenters. The van der Waals surface area contributed by atoms with E-state index < -0.39 is 0 Å². The van der Waals surface area contributed by atoms with Gasteiger partial charge in [0.1, 0.15) is 0 Å². The quantitative estimate of drug-likeness (QED) is 0.174. The molecule has 0 spiro atoms. The number of rotatable bonds is 4. The van der Waals surface area contributed by atoms with Crippen LogP contribution in [0.1, 0.15) is 68.4 Å². The first kappa shape index (κ1) is 32.0. The van der Waals surface area contributed by atoms with Crippen LogP contribution < -0.4 is 0 Å². The Balaban J connectivity index is 0.882. The lowest BCUT2D eigenvalue weighted by Crippen LogP contribution is -2.21. The molecular formula is C53H44. The molecule has 6 aromatic rings. The van der Waals surface area contributed by atoms with Gasteiger partial charge in [-0.05, 0) is 118 Å². The van der Waals surface area contributed by atoms with Crippen molar-refractivity contribution in [3.63, 3.8) is 0 Å². The number of benzene rings is 6. The average Bonchev–Trinajstić information content (AvgIpc) is 3.42. The van der Waals surface area contributed by atoms with E-state index in [2.05, 4.69) is 192 Å². The zero-order valence-electron chi connectivity index (χ0n) is 31.3. The summed E-state index contributed by atoms with van der Waals surface area (Å²) >= 11 is 0. The minimum Gasteiger partial charge on any atom is -0.0759 e. The van der Waals surface area contributed by atoms with Crippen LogP contribution in [0, 0.1) is 5.41 Å². The summed E-state index contributed by atoms with van der Waals surface area (Å²) in [5.74, 6) is 0.351. The highest BCUT2D eigenvalue weighted by atomic mass is 14.4. The Kier molecular flexibility index (Phi) is 7.02. The molecule has 0 amide bonds. The second kappa shape index (κ2) is 11.6. The van der Waals surface area contributed by atoms with Crippen molar-refractivity contribution >= 4 is 6.08 Å². The third kappa shape index (κ3) is 5.11. The molecule has 0 nitrogen and oxygen atoms in total. The van der Waals surface area contributed by atoms with Crippen molar-refractivity contribution in [3.05, 3.63) is 196 Å². The molecule has 0 saturated heterocycles. The molecule has 0 saturated carbocycles. The number of fused-ring (bicyclic) bond motifs is 3. The van der Waals surface area contributed by atoms with Gasteiger partial charge in [-0.1, -0.05) is 186 Å². The van der Waals surface area contributed by atoms with E-state index in [0.717, 1.165) is 6.42 Å². The number of allylic oxidation sites excluding steroid dienone is 7. The minimum atomic E-state index is 0.00672. The Morgan fingerprint density at radius 2 is 1.06 bits per heavy atom. The van der Waals surface area contributed by atoms with Gasteiger partial charge in [0.05, 0.1) is 0 Å². The SMILES string of the molecule is CC(C)(C)C1=CC2=CCc3c(-c4ccc(-c5ccc(-c6ccc(-c7ccc8c(c7)C(C)(C)c7ccccc7-8)cc6)cc5)cc4)ccc4c3C2C(=C1)C=C4. The van der Waals surface area contributed by atoms with Gasteiger partial charge in [-0.3, -0.25) is 0 Å². The molecule has 10 rings (SSSR count). The molecule has 4 aliphatic carbocycles. The van der Waals surface area contributed by atoms with Gasteiger partial charge in [0.15, 0.2) is 0 Å². The fourth-order valence-electron chi connectivity index (χ4n) is 9.35. The van der Waals surface area contributed by atoms with Crippen LogP contribution in [0.2, 0.25) is 0 Å². The molecule has 0 heteroatoms. The molecule has 4 aliphatic rings. The van der Waals surface area contributed by atoms with Crippen LogP contribution in [0.3, 0.4) is 0 Å².